The molecule has 168 valence electrons. The molecule has 1 unspecified atom stereocenters. The van der Waals surface area contributed by atoms with Gasteiger partial charge in [0.1, 0.15) is 12.2 Å². The minimum atomic E-state index is -1.74. The molecule has 0 bridgehead atoms. The van der Waals surface area contributed by atoms with Gasteiger partial charge in [-0.3, -0.25) is 10.3 Å². The molecule has 0 saturated heterocycles. The number of carboxylic acid groups (broad SMARTS) is 1. The van der Waals surface area contributed by atoms with Crippen LogP contribution in [0, 0.1) is 5.92 Å². The van der Waals surface area contributed by atoms with Crippen LogP contribution in [0.4, 0.5) is 0 Å². The summed E-state index contributed by atoms with van der Waals surface area (Å²) in [5, 5.41) is 13.7. The molecule has 7 nitrogen and oxygen atoms in total. The summed E-state index contributed by atoms with van der Waals surface area (Å²) in [4.78, 5) is 33.4. The van der Waals surface area contributed by atoms with Crippen molar-refractivity contribution in [1.29, 1.82) is 0 Å². The minimum Gasteiger partial charge on any atom is -0.479 e. The van der Waals surface area contributed by atoms with Crippen molar-refractivity contribution in [3.8, 4) is 11.5 Å². The summed E-state index contributed by atoms with van der Waals surface area (Å²) in [5.74, 6) is 1.50. The van der Waals surface area contributed by atoms with Crippen LogP contribution in [-0.2, 0) is 15.1 Å². The number of allylic oxidation sites excluding steroid dienone is 1. The highest BCUT2D eigenvalue weighted by Crippen LogP contribution is 2.39. The van der Waals surface area contributed by atoms with Crippen molar-refractivity contribution in [2.45, 2.75) is 31.2 Å². The van der Waals surface area contributed by atoms with E-state index in [1.165, 1.54) is 12.5 Å². The number of carbonyl (C=O) groups excluding carboxylic acids is 1. The van der Waals surface area contributed by atoms with Gasteiger partial charge in [0.25, 0.3) is 0 Å². The average molecular weight is 444 g/mol. The van der Waals surface area contributed by atoms with Crippen molar-refractivity contribution >= 4 is 18.0 Å². The topological polar surface area (TPSA) is 105 Å². The van der Waals surface area contributed by atoms with E-state index in [0.29, 0.717) is 35.9 Å². The molecule has 1 fully saturated rings. The first-order valence-electron chi connectivity index (χ1n) is 10.9. The first-order valence-corrected chi connectivity index (χ1v) is 10.9. The quantitative estimate of drug-likeness (QED) is 0.426. The Bertz CT molecular complexity index is 1160. The molecule has 4 rings (SSSR count). The molecule has 0 radical (unpaired) electrons. The average Bonchev–Trinajstić information content (AvgIpc) is 3.51. The van der Waals surface area contributed by atoms with Gasteiger partial charge in [0, 0.05) is 29.1 Å². The number of nitrogens with one attached hydrogen (secondary N) is 1. The fourth-order valence-corrected chi connectivity index (χ4v) is 3.89. The maximum atomic E-state index is 12.9. The van der Waals surface area contributed by atoms with Crippen LogP contribution in [0.2, 0.25) is 0 Å². The Balaban J connectivity index is 1.70. The number of carbonyl (C=O) groups is 1. The number of aliphatic carboxylic acids is 1. The lowest BCUT2D eigenvalue weighted by Crippen LogP contribution is -2.52. The van der Waals surface area contributed by atoms with Crippen molar-refractivity contribution in [3.63, 3.8) is 0 Å². The van der Waals surface area contributed by atoms with Gasteiger partial charge in [0.05, 0.1) is 6.20 Å². The summed E-state index contributed by atoms with van der Waals surface area (Å²) in [6.45, 7) is 0.489. The van der Waals surface area contributed by atoms with Gasteiger partial charge in [0.2, 0.25) is 5.89 Å². The van der Waals surface area contributed by atoms with E-state index in [1.54, 1.807) is 36.7 Å². The largest absolute Gasteiger partial charge is 0.479 e. The molecule has 0 spiro atoms. The Kier molecular flexibility index (Phi) is 6.93. The number of rotatable bonds is 11. The second-order valence-corrected chi connectivity index (χ2v) is 8.07. The van der Waals surface area contributed by atoms with E-state index in [0.717, 1.165) is 18.4 Å². The summed E-state index contributed by atoms with van der Waals surface area (Å²) in [6, 6.07) is 10.8. The Morgan fingerprint density at radius 1 is 1.24 bits per heavy atom. The summed E-state index contributed by atoms with van der Waals surface area (Å²) in [7, 11) is 0. The van der Waals surface area contributed by atoms with E-state index >= 15 is 0 Å². The molecule has 33 heavy (non-hydrogen) atoms. The molecule has 1 saturated carbocycles. The molecule has 1 aromatic carbocycles. The fourth-order valence-electron chi connectivity index (χ4n) is 3.89. The highest BCUT2D eigenvalue weighted by Gasteiger charge is 2.47. The molecule has 0 amide bonds. The molecular formula is C26H25N3O4. The maximum Gasteiger partial charge on any atom is 0.333 e. The third-order valence-corrected chi connectivity index (χ3v) is 5.80. The van der Waals surface area contributed by atoms with Gasteiger partial charge in [-0.1, -0.05) is 36.4 Å². The van der Waals surface area contributed by atoms with Gasteiger partial charge in [-0.25, -0.2) is 14.6 Å². The lowest BCUT2D eigenvalue weighted by Gasteiger charge is -2.33. The third kappa shape index (κ3) is 5.00. The number of nitrogens with zero attached hydrogens (tertiary/aromatic N) is 2. The number of hydrogen-bond donors (Lipinski definition) is 2. The van der Waals surface area contributed by atoms with Gasteiger partial charge < -0.3 is 9.52 Å². The van der Waals surface area contributed by atoms with E-state index in [9.17, 15) is 14.7 Å². The molecule has 3 aromatic rings. The van der Waals surface area contributed by atoms with Gasteiger partial charge >= 0.3 is 5.97 Å². The molecule has 7 heteroatoms. The van der Waals surface area contributed by atoms with Crippen LogP contribution in [0.1, 0.15) is 36.8 Å². The zero-order valence-electron chi connectivity index (χ0n) is 18.1. The third-order valence-electron chi connectivity index (χ3n) is 5.80. The van der Waals surface area contributed by atoms with Crippen molar-refractivity contribution in [1.82, 2.24) is 15.3 Å². The second-order valence-electron chi connectivity index (χ2n) is 8.07. The lowest BCUT2D eigenvalue weighted by molar-refractivity contribution is -0.143. The molecule has 0 aliphatic heterocycles. The zero-order valence-corrected chi connectivity index (χ0v) is 18.1. The van der Waals surface area contributed by atoms with Crippen LogP contribution >= 0.6 is 0 Å². The van der Waals surface area contributed by atoms with Crippen LogP contribution in [0.3, 0.4) is 0 Å². The molecular weight excluding hydrogens is 418 g/mol. The second kappa shape index (κ2) is 10.2. The number of oxazole rings is 1. The van der Waals surface area contributed by atoms with Crippen LogP contribution in [0.5, 0.6) is 0 Å². The predicted molar refractivity (Wildman–Crippen MR) is 124 cm³/mol. The van der Waals surface area contributed by atoms with Crippen LogP contribution in [-0.4, -0.2) is 33.5 Å². The van der Waals surface area contributed by atoms with E-state index in [-0.39, 0.29) is 12.0 Å². The number of carboxylic acids is 1. The van der Waals surface area contributed by atoms with Crippen LogP contribution < -0.4 is 5.32 Å². The SMILES string of the molecule is O=C=C(CCC=Cc1cccnc1)C(NCC1CC1)(C(=O)O)c1ccccc1-c1ncco1. The van der Waals surface area contributed by atoms with Crippen molar-refractivity contribution < 1.29 is 19.1 Å². The van der Waals surface area contributed by atoms with Crippen molar-refractivity contribution in [2.24, 2.45) is 5.92 Å². The minimum absolute atomic E-state index is 0.130. The van der Waals surface area contributed by atoms with Crippen molar-refractivity contribution in [3.05, 3.63) is 84.0 Å². The molecule has 2 heterocycles. The summed E-state index contributed by atoms with van der Waals surface area (Å²) in [6.07, 6.45) is 13.0. The normalized spacial score (nSPS) is 15.2. The van der Waals surface area contributed by atoms with Crippen LogP contribution in [0.25, 0.3) is 17.5 Å². The first kappa shape index (κ1) is 22.4. The maximum absolute atomic E-state index is 12.9. The summed E-state index contributed by atoms with van der Waals surface area (Å²) >= 11 is 0. The summed E-state index contributed by atoms with van der Waals surface area (Å²) < 4.78 is 5.48. The molecule has 1 aliphatic rings. The number of pyridine rings is 1. The van der Waals surface area contributed by atoms with E-state index in [2.05, 4.69) is 15.3 Å². The van der Waals surface area contributed by atoms with E-state index in [4.69, 9.17) is 4.42 Å². The highest BCUT2D eigenvalue weighted by atomic mass is 16.4. The highest BCUT2D eigenvalue weighted by molar-refractivity contribution is 5.91. The van der Waals surface area contributed by atoms with Crippen LogP contribution in [0.15, 0.2) is 77.3 Å². The number of aromatic nitrogens is 2. The van der Waals surface area contributed by atoms with Crippen molar-refractivity contribution in [2.75, 3.05) is 6.54 Å². The fraction of sp³-hybridized carbons (Fsp3) is 0.269. The first-order chi connectivity index (χ1) is 16.1. The van der Waals surface area contributed by atoms with E-state index in [1.807, 2.05) is 30.2 Å². The summed E-state index contributed by atoms with van der Waals surface area (Å²) in [5.41, 5.74) is 0.254. The van der Waals surface area contributed by atoms with E-state index < -0.39 is 11.5 Å². The predicted octanol–water partition coefficient (Wildman–Crippen LogP) is 4.27. The number of benzene rings is 1. The molecule has 2 aromatic heterocycles. The Morgan fingerprint density at radius 2 is 2.09 bits per heavy atom. The lowest BCUT2D eigenvalue weighted by atomic mass is 9.78. The zero-order chi connectivity index (χ0) is 23.1. The Morgan fingerprint density at radius 3 is 2.76 bits per heavy atom. The van der Waals surface area contributed by atoms with Gasteiger partial charge in [-0.15, -0.1) is 0 Å². The van der Waals surface area contributed by atoms with Gasteiger partial charge in [-0.2, -0.15) is 0 Å². The molecule has 2 N–H and O–H groups in total. The monoisotopic (exact) mass is 443 g/mol. The Hall–Kier alpha value is -3.80. The Labute approximate surface area is 191 Å². The number of hydrogen-bond acceptors (Lipinski definition) is 6. The van der Waals surface area contributed by atoms with Gasteiger partial charge in [-0.05, 0) is 55.8 Å². The molecule has 1 aliphatic carbocycles. The molecule has 1 atom stereocenters. The smallest absolute Gasteiger partial charge is 0.333 e. The van der Waals surface area contributed by atoms with Gasteiger partial charge in [0.15, 0.2) is 5.54 Å². The standard InChI is InChI=1S/C26H25N3O4/c30-18-21(8-2-1-6-19-7-5-13-27-16-19)26(25(31)32,29-17-20-11-12-20)23-10-4-3-9-22(23)24-28-14-15-33-24/h1,3-7,9-10,13-16,20,29H,2,8,11-12,17H2,(H,31,32).